The Morgan fingerprint density at radius 3 is 2.93 bits per heavy atom. The molecular weight excluding hydrogens is 212 g/mol. The van der Waals surface area contributed by atoms with Crippen LogP contribution in [0, 0.1) is 0 Å². The van der Waals surface area contributed by atoms with Crippen LogP contribution in [0.25, 0.3) is 11.0 Å². The number of aliphatic carboxylic acids is 1. The average Bonchev–Trinajstić information content (AvgIpc) is 2.59. The largest absolute Gasteiger partial charge is 0.480 e. The summed E-state index contributed by atoms with van der Waals surface area (Å²) in [7, 11) is 0. The third-order valence-corrected chi connectivity index (χ3v) is 2.98. The van der Waals surface area contributed by atoms with Crippen molar-refractivity contribution in [3.8, 4) is 0 Å². The number of aromatic nitrogens is 2. The zero-order chi connectivity index (χ0) is 10.8. The molecule has 0 aliphatic carbocycles. The minimum Gasteiger partial charge on any atom is -0.480 e. The Balaban J connectivity index is 2.26. The van der Waals surface area contributed by atoms with E-state index in [4.69, 9.17) is 5.11 Å². The summed E-state index contributed by atoms with van der Waals surface area (Å²) < 4.78 is 0. The molecule has 1 aromatic carbocycles. The first kappa shape index (κ1) is 10.0. The number of carboxylic acid groups (broad SMARTS) is 1. The van der Waals surface area contributed by atoms with E-state index in [0.717, 1.165) is 11.0 Å². The van der Waals surface area contributed by atoms with E-state index >= 15 is 0 Å². The van der Waals surface area contributed by atoms with E-state index < -0.39 is 11.2 Å². The Bertz CT molecular complexity index is 462. The zero-order valence-corrected chi connectivity index (χ0v) is 8.91. The predicted molar refractivity (Wildman–Crippen MR) is 59.0 cm³/mol. The number of aromatic amines is 1. The van der Waals surface area contributed by atoms with Crippen molar-refractivity contribution in [1.29, 1.82) is 0 Å². The van der Waals surface area contributed by atoms with Crippen LogP contribution in [-0.2, 0) is 4.79 Å². The highest BCUT2D eigenvalue weighted by Crippen LogP contribution is 2.23. The molecule has 1 heterocycles. The van der Waals surface area contributed by atoms with Crippen LogP contribution >= 0.6 is 11.8 Å². The fourth-order valence-electron chi connectivity index (χ4n) is 1.20. The van der Waals surface area contributed by atoms with Crippen LogP contribution in [0.3, 0.4) is 0 Å². The van der Waals surface area contributed by atoms with Gasteiger partial charge in [0.2, 0.25) is 0 Å². The second kappa shape index (κ2) is 3.94. The number of fused-ring (bicyclic) bond motifs is 1. The molecule has 2 N–H and O–H groups in total. The van der Waals surface area contributed by atoms with E-state index in [9.17, 15) is 4.79 Å². The molecule has 0 radical (unpaired) electrons. The maximum Gasteiger partial charge on any atom is 0.316 e. The molecule has 0 aliphatic rings. The first-order valence-electron chi connectivity index (χ1n) is 4.51. The Morgan fingerprint density at radius 1 is 1.53 bits per heavy atom. The SMILES string of the molecule is C[C@H](Sc1nc2ccccc2[nH]1)C(=O)O. The normalized spacial score (nSPS) is 12.9. The first-order chi connectivity index (χ1) is 7.16. The number of para-hydroxylation sites is 2. The second-order valence-corrected chi connectivity index (χ2v) is 4.49. The molecule has 0 saturated heterocycles. The number of rotatable bonds is 3. The molecular formula is C10H10N2O2S. The zero-order valence-electron chi connectivity index (χ0n) is 8.10. The number of nitrogens with one attached hydrogen (secondary N) is 1. The van der Waals surface area contributed by atoms with Crippen LogP contribution in [0.2, 0.25) is 0 Å². The van der Waals surface area contributed by atoms with Gasteiger partial charge in [-0.05, 0) is 19.1 Å². The molecule has 78 valence electrons. The molecule has 0 saturated carbocycles. The van der Waals surface area contributed by atoms with Crippen molar-refractivity contribution in [2.24, 2.45) is 0 Å². The monoisotopic (exact) mass is 222 g/mol. The highest BCUT2D eigenvalue weighted by molar-refractivity contribution is 8.00. The lowest BCUT2D eigenvalue weighted by molar-refractivity contribution is -0.136. The van der Waals surface area contributed by atoms with Crippen LogP contribution in [0.1, 0.15) is 6.92 Å². The van der Waals surface area contributed by atoms with Gasteiger partial charge in [-0.15, -0.1) is 0 Å². The molecule has 0 unspecified atom stereocenters. The fraction of sp³-hybridized carbons (Fsp3) is 0.200. The molecule has 2 aromatic rings. The Kier molecular flexibility index (Phi) is 2.64. The van der Waals surface area contributed by atoms with Crippen molar-refractivity contribution in [1.82, 2.24) is 9.97 Å². The van der Waals surface area contributed by atoms with Crippen LogP contribution in [0.4, 0.5) is 0 Å². The molecule has 0 spiro atoms. The first-order valence-corrected chi connectivity index (χ1v) is 5.39. The summed E-state index contributed by atoms with van der Waals surface area (Å²) >= 11 is 1.21. The molecule has 2 rings (SSSR count). The number of hydrogen-bond donors (Lipinski definition) is 2. The summed E-state index contributed by atoms with van der Waals surface area (Å²) in [5.74, 6) is -0.833. The summed E-state index contributed by atoms with van der Waals surface area (Å²) in [6, 6.07) is 7.62. The van der Waals surface area contributed by atoms with Crippen molar-refractivity contribution < 1.29 is 9.90 Å². The molecule has 15 heavy (non-hydrogen) atoms. The summed E-state index contributed by atoms with van der Waals surface area (Å²) in [5.41, 5.74) is 1.79. The second-order valence-electron chi connectivity index (χ2n) is 3.16. The molecule has 1 atom stereocenters. The van der Waals surface area contributed by atoms with Gasteiger partial charge in [0.05, 0.1) is 11.0 Å². The van der Waals surface area contributed by atoms with Crippen LogP contribution < -0.4 is 0 Å². The lowest BCUT2D eigenvalue weighted by Crippen LogP contribution is -2.11. The number of H-pyrrole nitrogens is 1. The van der Waals surface area contributed by atoms with Crippen molar-refractivity contribution in [3.63, 3.8) is 0 Å². The summed E-state index contributed by atoms with van der Waals surface area (Å²) in [4.78, 5) is 18.0. The lowest BCUT2D eigenvalue weighted by Gasteiger charge is -2.00. The van der Waals surface area contributed by atoms with Crippen molar-refractivity contribution in [3.05, 3.63) is 24.3 Å². The van der Waals surface area contributed by atoms with Gasteiger partial charge in [-0.1, -0.05) is 23.9 Å². The van der Waals surface area contributed by atoms with Crippen molar-refractivity contribution in [2.45, 2.75) is 17.3 Å². The highest BCUT2D eigenvalue weighted by Gasteiger charge is 2.14. The van der Waals surface area contributed by atoms with E-state index in [1.165, 1.54) is 11.8 Å². The van der Waals surface area contributed by atoms with Crippen LogP contribution in [0.5, 0.6) is 0 Å². The molecule has 0 bridgehead atoms. The molecule has 1 aromatic heterocycles. The van der Waals surface area contributed by atoms with Gasteiger partial charge in [-0.2, -0.15) is 0 Å². The Labute approximate surface area is 90.7 Å². The van der Waals surface area contributed by atoms with Gasteiger partial charge in [-0.3, -0.25) is 4.79 Å². The van der Waals surface area contributed by atoms with Gasteiger partial charge in [0.25, 0.3) is 0 Å². The summed E-state index contributed by atoms with van der Waals surface area (Å²) in [6.07, 6.45) is 0. The van der Waals surface area contributed by atoms with Crippen molar-refractivity contribution in [2.75, 3.05) is 0 Å². The van der Waals surface area contributed by atoms with Gasteiger partial charge in [0.15, 0.2) is 5.16 Å². The smallest absolute Gasteiger partial charge is 0.316 e. The topological polar surface area (TPSA) is 66.0 Å². The third kappa shape index (κ3) is 2.12. The van der Waals surface area contributed by atoms with Crippen LogP contribution in [-0.4, -0.2) is 26.3 Å². The minimum absolute atomic E-state index is 0.495. The van der Waals surface area contributed by atoms with E-state index in [2.05, 4.69) is 9.97 Å². The molecule has 5 heteroatoms. The number of nitrogens with zero attached hydrogens (tertiary/aromatic N) is 1. The summed E-state index contributed by atoms with van der Waals surface area (Å²) in [6.45, 7) is 1.64. The van der Waals surface area contributed by atoms with Crippen LogP contribution in [0.15, 0.2) is 29.4 Å². The minimum atomic E-state index is -0.833. The number of carbonyl (C=O) groups is 1. The number of carboxylic acids is 1. The van der Waals surface area contributed by atoms with Gasteiger partial charge in [0, 0.05) is 0 Å². The summed E-state index contributed by atoms with van der Waals surface area (Å²) in [5, 5.41) is 8.91. The average molecular weight is 222 g/mol. The Morgan fingerprint density at radius 2 is 2.27 bits per heavy atom. The Hall–Kier alpha value is -1.49. The van der Waals surface area contributed by atoms with E-state index in [1.807, 2.05) is 24.3 Å². The molecule has 0 fully saturated rings. The number of thioether (sulfide) groups is 1. The molecule has 0 aliphatic heterocycles. The van der Waals surface area contributed by atoms with E-state index in [-0.39, 0.29) is 0 Å². The highest BCUT2D eigenvalue weighted by atomic mass is 32.2. The van der Waals surface area contributed by atoms with Gasteiger partial charge in [0.1, 0.15) is 5.25 Å². The standard InChI is InChI=1S/C10H10N2O2S/c1-6(9(13)14)15-10-11-7-4-2-3-5-8(7)12-10/h2-6H,1H3,(H,11,12)(H,13,14)/t6-/m0/s1. The molecule has 0 amide bonds. The van der Waals surface area contributed by atoms with Crippen molar-refractivity contribution >= 4 is 28.8 Å². The number of imidazole rings is 1. The quantitative estimate of drug-likeness (QED) is 0.781. The van der Waals surface area contributed by atoms with E-state index in [0.29, 0.717) is 5.16 Å². The molecule has 4 nitrogen and oxygen atoms in total. The maximum atomic E-state index is 10.7. The maximum absolute atomic E-state index is 10.7. The van der Waals surface area contributed by atoms with E-state index in [1.54, 1.807) is 6.92 Å². The lowest BCUT2D eigenvalue weighted by atomic mass is 10.3. The van der Waals surface area contributed by atoms with Gasteiger partial charge >= 0.3 is 5.97 Å². The number of benzene rings is 1. The fourth-order valence-corrected chi connectivity index (χ4v) is 1.96. The van der Waals surface area contributed by atoms with Gasteiger partial charge in [-0.25, -0.2) is 4.98 Å². The third-order valence-electron chi connectivity index (χ3n) is 2.00. The van der Waals surface area contributed by atoms with Gasteiger partial charge < -0.3 is 10.1 Å². The number of hydrogen-bond acceptors (Lipinski definition) is 3. The predicted octanol–water partition coefficient (Wildman–Crippen LogP) is 2.13.